The van der Waals surface area contributed by atoms with Gasteiger partial charge >= 0.3 is 0 Å². The van der Waals surface area contributed by atoms with E-state index in [9.17, 15) is 0 Å². The molecule has 1 atom stereocenters. The molecule has 2 aromatic carbocycles. The molecule has 0 saturated carbocycles. The van der Waals surface area contributed by atoms with Crippen molar-refractivity contribution in [3.63, 3.8) is 0 Å². The maximum Gasteiger partial charge on any atom is 0.196 e. The number of guanidine groups is 1. The lowest BCUT2D eigenvalue weighted by Crippen LogP contribution is -2.36. The fourth-order valence-corrected chi connectivity index (χ4v) is 3.15. The summed E-state index contributed by atoms with van der Waals surface area (Å²) in [7, 11) is 0. The van der Waals surface area contributed by atoms with Crippen molar-refractivity contribution in [3.05, 3.63) is 62.5 Å². The molecule has 0 saturated heterocycles. The fourth-order valence-electron chi connectivity index (χ4n) is 2.41. The van der Waals surface area contributed by atoms with E-state index in [2.05, 4.69) is 20.9 Å². The number of nitrogens with zero attached hydrogens (tertiary/aromatic N) is 2. The molecule has 0 aromatic heterocycles. The summed E-state index contributed by atoms with van der Waals surface area (Å²) in [6, 6.07) is 13.5. The number of anilines is 1. The maximum atomic E-state index is 6.30. The van der Waals surface area contributed by atoms with E-state index in [1.807, 2.05) is 47.4 Å². The van der Waals surface area contributed by atoms with Crippen molar-refractivity contribution < 1.29 is 0 Å². The van der Waals surface area contributed by atoms with Gasteiger partial charge in [0.2, 0.25) is 0 Å². The largest absolute Gasteiger partial charge is 0.369 e. The maximum absolute atomic E-state index is 6.30. The quantitative estimate of drug-likeness (QED) is 0.819. The van der Waals surface area contributed by atoms with Crippen molar-refractivity contribution in [3.8, 4) is 0 Å². The monoisotopic (exact) mass is 383 g/mol. The van der Waals surface area contributed by atoms with Gasteiger partial charge in [-0.05, 0) is 45.8 Å². The average molecular weight is 385 g/mol. The summed E-state index contributed by atoms with van der Waals surface area (Å²) in [5, 5.41) is 1.32. The molecule has 0 fully saturated rings. The molecule has 6 heteroatoms. The van der Waals surface area contributed by atoms with Crippen LogP contribution in [0.15, 0.2) is 51.9 Å². The number of hydrogen-bond donors (Lipinski definition) is 1. The van der Waals surface area contributed by atoms with Crippen molar-refractivity contribution in [1.29, 1.82) is 0 Å². The third-order valence-electron chi connectivity index (χ3n) is 3.43. The van der Waals surface area contributed by atoms with Gasteiger partial charge in [0.15, 0.2) is 5.96 Å². The zero-order valence-electron chi connectivity index (χ0n) is 10.9. The normalized spacial score (nSPS) is 18.0. The first-order valence-electron chi connectivity index (χ1n) is 6.36. The molecule has 1 heterocycles. The van der Waals surface area contributed by atoms with Gasteiger partial charge in [0.05, 0.1) is 28.3 Å². The summed E-state index contributed by atoms with van der Waals surface area (Å²) >= 11 is 15.8. The van der Waals surface area contributed by atoms with Gasteiger partial charge in [-0.15, -0.1) is 0 Å². The minimum Gasteiger partial charge on any atom is -0.369 e. The molecular formula is C15H12BrCl2N3. The summed E-state index contributed by atoms with van der Waals surface area (Å²) in [5.41, 5.74) is 7.99. The fraction of sp³-hybridized carbons (Fsp3) is 0.133. The number of rotatable bonds is 2. The number of nitrogens with two attached hydrogens (primary N) is 1. The topological polar surface area (TPSA) is 41.6 Å². The Morgan fingerprint density at radius 3 is 2.62 bits per heavy atom. The van der Waals surface area contributed by atoms with E-state index < -0.39 is 0 Å². The highest BCUT2D eigenvalue weighted by atomic mass is 79.9. The predicted molar refractivity (Wildman–Crippen MR) is 92.3 cm³/mol. The lowest BCUT2D eigenvalue weighted by atomic mass is 10.1. The van der Waals surface area contributed by atoms with E-state index in [4.69, 9.17) is 28.9 Å². The number of hydrogen-bond acceptors (Lipinski definition) is 3. The Balaban J connectivity index is 2.03. The van der Waals surface area contributed by atoms with E-state index >= 15 is 0 Å². The first kappa shape index (κ1) is 14.7. The summed E-state index contributed by atoms with van der Waals surface area (Å²) in [5.74, 6) is 0.471. The van der Waals surface area contributed by atoms with Crippen LogP contribution >= 0.6 is 39.1 Å². The van der Waals surface area contributed by atoms with Gasteiger partial charge in [-0.2, -0.15) is 0 Å². The molecule has 0 aliphatic carbocycles. The number of aliphatic imine (C=N–C) groups is 1. The van der Waals surface area contributed by atoms with Gasteiger partial charge < -0.3 is 10.6 Å². The van der Waals surface area contributed by atoms with E-state index in [1.165, 1.54) is 0 Å². The molecule has 0 bridgehead atoms. The zero-order chi connectivity index (χ0) is 15.0. The van der Waals surface area contributed by atoms with Crippen LogP contribution in [0.4, 0.5) is 5.69 Å². The van der Waals surface area contributed by atoms with Crippen LogP contribution in [-0.4, -0.2) is 12.5 Å². The van der Waals surface area contributed by atoms with Gasteiger partial charge in [0.1, 0.15) is 0 Å². The van der Waals surface area contributed by atoms with Crippen LogP contribution in [-0.2, 0) is 0 Å². The Kier molecular flexibility index (Phi) is 4.11. The van der Waals surface area contributed by atoms with Crippen LogP contribution in [0.2, 0.25) is 10.0 Å². The van der Waals surface area contributed by atoms with Crippen molar-refractivity contribution in [1.82, 2.24) is 0 Å². The Morgan fingerprint density at radius 1 is 1.14 bits per heavy atom. The molecule has 3 rings (SSSR count). The second-order valence-electron chi connectivity index (χ2n) is 4.71. The van der Waals surface area contributed by atoms with E-state index in [1.54, 1.807) is 0 Å². The third-order valence-corrected chi connectivity index (χ3v) is 4.96. The molecule has 1 aliphatic rings. The summed E-state index contributed by atoms with van der Waals surface area (Å²) < 4.78 is 0.853. The minimum atomic E-state index is 0.0125. The van der Waals surface area contributed by atoms with Crippen molar-refractivity contribution in [2.24, 2.45) is 10.7 Å². The van der Waals surface area contributed by atoms with Gasteiger partial charge in [0, 0.05) is 4.47 Å². The molecule has 3 nitrogen and oxygen atoms in total. The molecule has 0 radical (unpaired) electrons. The lowest BCUT2D eigenvalue weighted by molar-refractivity contribution is 0.768. The van der Waals surface area contributed by atoms with Crippen LogP contribution in [0.1, 0.15) is 11.6 Å². The van der Waals surface area contributed by atoms with Crippen LogP contribution in [0.5, 0.6) is 0 Å². The second kappa shape index (κ2) is 5.87. The molecular weight excluding hydrogens is 373 g/mol. The molecule has 2 N–H and O–H groups in total. The minimum absolute atomic E-state index is 0.0125. The highest BCUT2D eigenvalue weighted by Gasteiger charge is 2.30. The Bertz CT molecular complexity index is 718. The number of benzene rings is 2. The van der Waals surface area contributed by atoms with Crippen LogP contribution in [0, 0.1) is 0 Å². The van der Waals surface area contributed by atoms with Crippen molar-refractivity contribution in [2.45, 2.75) is 6.04 Å². The second-order valence-corrected chi connectivity index (χ2v) is 6.38. The Morgan fingerprint density at radius 2 is 1.90 bits per heavy atom. The highest BCUT2D eigenvalue weighted by molar-refractivity contribution is 9.10. The molecule has 0 spiro atoms. The smallest absolute Gasteiger partial charge is 0.196 e. The van der Waals surface area contributed by atoms with Crippen LogP contribution < -0.4 is 10.6 Å². The first-order valence-corrected chi connectivity index (χ1v) is 7.91. The molecule has 2 aromatic rings. The van der Waals surface area contributed by atoms with Crippen molar-refractivity contribution >= 4 is 50.8 Å². The van der Waals surface area contributed by atoms with E-state index in [0.29, 0.717) is 22.5 Å². The molecule has 108 valence electrons. The van der Waals surface area contributed by atoms with Gasteiger partial charge in [-0.3, -0.25) is 4.99 Å². The lowest BCUT2D eigenvalue weighted by Gasteiger charge is -2.27. The molecule has 0 amide bonds. The SMILES string of the molecule is NC1=NCC(c2ccc(Cl)c(Br)c2)N1c1ccccc1Cl. The number of halogens is 3. The van der Waals surface area contributed by atoms with Gasteiger partial charge in [-0.1, -0.05) is 41.4 Å². The third kappa shape index (κ3) is 2.76. The molecule has 21 heavy (non-hydrogen) atoms. The Labute approximate surface area is 141 Å². The van der Waals surface area contributed by atoms with Gasteiger partial charge in [-0.25, -0.2) is 0 Å². The van der Waals surface area contributed by atoms with Crippen LogP contribution in [0.25, 0.3) is 0 Å². The Hall–Kier alpha value is -1.23. The summed E-state index contributed by atoms with van der Waals surface area (Å²) in [4.78, 5) is 6.31. The standard InChI is InChI=1S/C15H12BrCl2N3/c16-10-7-9(5-6-11(10)17)14-8-20-15(19)21(14)13-4-2-1-3-12(13)18/h1-7,14H,8H2,(H2,19,20). The van der Waals surface area contributed by atoms with E-state index in [-0.39, 0.29) is 6.04 Å². The first-order chi connectivity index (χ1) is 10.1. The molecule has 1 unspecified atom stereocenters. The molecule has 1 aliphatic heterocycles. The van der Waals surface area contributed by atoms with Crippen molar-refractivity contribution in [2.75, 3.05) is 11.4 Å². The summed E-state index contributed by atoms with van der Waals surface area (Å²) in [6.45, 7) is 0.588. The van der Waals surface area contributed by atoms with Gasteiger partial charge in [0.25, 0.3) is 0 Å². The van der Waals surface area contributed by atoms with Crippen LogP contribution in [0.3, 0.4) is 0 Å². The van der Waals surface area contributed by atoms with E-state index in [0.717, 1.165) is 15.7 Å². The zero-order valence-corrected chi connectivity index (χ0v) is 14.0. The number of para-hydroxylation sites is 1. The summed E-state index contributed by atoms with van der Waals surface area (Å²) in [6.07, 6.45) is 0. The highest BCUT2D eigenvalue weighted by Crippen LogP contribution is 2.37. The average Bonchev–Trinajstić information content (AvgIpc) is 2.84. The predicted octanol–water partition coefficient (Wildman–Crippen LogP) is 4.63.